The number of carbonyl (C=O) groups excluding carboxylic acids is 3. The minimum absolute atomic E-state index is 0.130. The van der Waals surface area contributed by atoms with Crippen LogP contribution in [0.25, 0.3) is 11.0 Å². The van der Waals surface area contributed by atoms with Crippen molar-refractivity contribution in [2.24, 2.45) is 0 Å². The molecular formula is C31H23ClN4O8. The fourth-order valence-corrected chi connectivity index (χ4v) is 5.03. The summed E-state index contributed by atoms with van der Waals surface area (Å²) in [4.78, 5) is 56.6. The van der Waals surface area contributed by atoms with Gasteiger partial charge in [-0.15, -0.1) is 0 Å². The van der Waals surface area contributed by atoms with Crippen molar-refractivity contribution >= 4 is 40.5 Å². The van der Waals surface area contributed by atoms with Crippen LogP contribution in [0.5, 0.6) is 0 Å². The van der Waals surface area contributed by atoms with Gasteiger partial charge in [-0.2, -0.15) is 10.1 Å². The van der Waals surface area contributed by atoms with E-state index in [1.807, 2.05) is 0 Å². The second-order valence-electron chi connectivity index (χ2n) is 9.69. The molecule has 13 heteroatoms. The van der Waals surface area contributed by atoms with Gasteiger partial charge in [0.1, 0.15) is 18.2 Å². The van der Waals surface area contributed by atoms with E-state index in [0.717, 1.165) is 4.57 Å². The predicted molar refractivity (Wildman–Crippen MR) is 155 cm³/mol. The number of aromatic amines is 1. The molecule has 1 aliphatic rings. The Morgan fingerprint density at radius 1 is 0.795 bits per heavy atom. The second kappa shape index (κ2) is 12.5. The molecule has 1 aliphatic heterocycles. The Hall–Kier alpha value is -5.33. The Labute approximate surface area is 254 Å². The van der Waals surface area contributed by atoms with E-state index >= 15 is 0 Å². The van der Waals surface area contributed by atoms with Crippen molar-refractivity contribution in [1.29, 1.82) is 0 Å². The maximum absolute atomic E-state index is 13.3. The third-order valence-electron chi connectivity index (χ3n) is 6.92. The van der Waals surface area contributed by atoms with Gasteiger partial charge >= 0.3 is 23.6 Å². The highest BCUT2D eigenvalue weighted by Crippen LogP contribution is 2.36. The first-order valence-corrected chi connectivity index (χ1v) is 13.8. The summed E-state index contributed by atoms with van der Waals surface area (Å²) in [5.41, 5.74) is 0.269. The van der Waals surface area contributed by atoms with Gasteiger partial charge in [0.15, 0.2) is 23.6 Å². The average molecular weight is 615 g/mol. The van der Waals surface area contributed by atoms with Gasteiger partial charge in [-0.05, 0) is 36.4 Å². The van der Waals surface area contributed by atoms with Crippen LogP contribution in [0.15, 0.2) is 102 Å². The van der Waals surface area contributed by atoms with Crippen LogP contribution in [0.3, 0.4) is 0 Å². The van der Waals surface area contributed by atoms with Crippen molar-refractivity contribution in [3.05, 3.63) is 130 Å². The molecule has 1 saturated heterocycles. The summed E-state index contributed by atoms with van der Waals surface area (Å²) in [5, 5.41) is 6.50. The number of ether oxygens (including phenoxy) is 4. The van der Waals surface area contributed by atoms with E-state index in [1.54, 1.807) is 91.0 Å². The highest BCUT2D eigenvalue weighted by Gasteiger charge is 2.52. The maximum Gasteiger partial charge on any atom is 0.351 e. The normalized spacial score (nSPS) is 19.4. The molecular weight excluding hydrogens is 592 g/mol. The molecule has 12 nitrogen and oxygen atoms in total. The number of nitrogens with zero attached hydrogens (tertiary/aromatic N) is 3. The third kappa shape index (κ3) is 5.80. The quantitative estimate of drug-likeness (QED) is 0.154. The molecule has 0 saturated carbocycles. The molecule has 44 heavy (non-hydrogen) atoms. The lowest BCUT2D eigenvalue weighted by molar-refractivity contribution is -0.0620. The molecule has 4 atom stereocenters. The molecule has 0 radical (unpaired) electrons. The SMILES string of the molecule is O=C(OC[C@H]1O[C@@H](n2c(=O)nc(Cl)c3[nH]ncc32)[C@H](OC(=O)c2ccccc2)[C@@H]1OC(=O)c1ccccc1)c1ccccc1. The zero-order valence-corrected chi connectivity index (χ0v) is 23.5. The standard InChI is InChI=1S/C31H23ClN4O8/c32-26-23-21(16-33-35-23)36(31(40)34-26)27-25(44-30(39)20-14-8-3-9-15-20)24(43-29(38)19-12-6-2-7-13-19)22(42-27)17-41-28(37)18-10-4-1-5-11-18/h1-16,22,24-25,27H,17H2,(H,33,35)/t22-,24-,25-,27-/m1/s1. The van der Waals surface area contributed by atoms with Crippen molar-refractivity contribution in [3.8, 4) is 0 Å². The number of fused-ring (bicyclic) bond motifs is 1. The Morgan fingerprint density at radius 2 is 1.32 bits per heavy atom. The molecule has 222 valence electrons. The van der Waals surface area contributed by atoms with E-state index < -0.39 is 54.7 Å². The first-order chi connectivity index (χ1) is 21.4. The minimum Gasteiger partial charge on any atom is -0.459 e. The van der Waals surface area contributed by atoms with Crippen LogP contribution in [-0.2, 0) is 18.9 Å². The first kappa shape index (κ1) is 28.8. The van der Waals surface area contributed by atoms with Crippen LogP contribution in [0.4, 0.5) is 0 Å². The van der Waals surface area contributed by atoms with Gasteiger partial charge in [0.25, 0.3) is 0 Å². The fraction of sp³-hybridized carbons (Fsp3) is 0.161. The van der Waals surface area contributed by atoms with Crippen LogP contribution in [-0.4, -0.2) is 62.6 Å². The van der Waals surface area contributed by atoms with Gasteiger partial charge in [0.2, 0.25) is 0 Å². The first-order valence-electron chi connectivity index (χ1n) is 13.4. The molecule has 0 aliphatic carbocycles. The maximum atomic E-state index is 13.3. The molecule has 1 N–H and O–H groups in total. The molecule has 1 fully saturated rings. The van der Waals surface area contributed by atoms with Crippen molar-refractivity contribution < 1.29 is 33.3 Å². The molecule has 0 bridgehead atoms. The van der Waals surface area contributed by atoms with Crippen molar-refractivity contribution in [2.75, 3.05) is 6.61 Å². The molecule has 3 aromatic carbocycles. The van der Waals surface area contributed by atoms with Crippen LogP contribution >= 0.6 is 11.6 Å². The molecule has 0 unspecified atom stereocenters. The molecule has 6 rings (SSSR count). The van der Waals surface area contributed by atoms with Crippen molar-refractivity contribution in [2.45, 2.75) is 24.5 Å². The molecule has 0 amide bonds. The number of esters is 3. The van der Waals surface area contributed by atoms with Gasteiger partial charge in [-0.1, -0.05) is 66.2 Å². The van der Waals surface area contributed by atoms with Crippen LogP contribution in [0.1, 0.15) is 37.3 Å². The fourth-order valence-electron chi connectivity index (χ4n) is 4.82. The van der Waals surface area contributed by atoms with Crippen molar-refractivity contribution in [3.63, 3.8) is 0 Å². The summed E-state index contributed by atoms with van der Waals surface area (Å²) in [6.07, 6.45) is -3.99. The summed E-state index contributed by atoms with van der Waals surface area (Å²) in [5.74, 6) is -2.19. The van der Waals surface area contributed by atoms with Gasteiger partial charge in [-0.3, -0.25) is 9.67 Å². The Kier molecular flexibility index (Phi) is 8.17. The van der Waals surface area contributed by atoms with Crippen LogP contribution < -0.4 is 5.69 Å². The number of benzene rings is 3. The highest BCUT2D eigenvalue weighted by molar-refractivity contribution is 6.33. The van der Waals surface area contributed by atoms with E-state index in [1.165, 1.54) is 6.20 Å². The lowest BCUT2D eigenvalue weighted by Gasteiger charge is -2.25. The predicted octanol–water partition coefficient (Wildman–Crippen LogP) is 3.98. The van der Waals surface area contributed by atoms with Crippen LogP contribution in [0.2, 0.25) is 5.15 Å². The Balaban J connectivity index is 1.41. The number of rotatable bonds is 8. The Morgan fingerprint density at radius 3 is 1.89 bits per heavy atom. The molecule has 0 spiro atoms. The Bertz CT molecular complexity index is 1860. The summed E-state index contributed by atoms with van der Waals surface area (Å²) in [7, 11) is 0. The van der Waals surface area contributed by atoms with E-state index in [-0.39, 0.29) is 32.9 Å². The van der Waals surface area contributed by atoms with E-state index in [2.05, 4.69) is 15.2 Å². The lowest BCUT2D eigenvalue weighted by Crippen LogP contribution is -2.42. The third-order valence-corrected chi connectivity index (χ3v) is 7.19. The van der Waals surface area contributed by atoms with Crippen LogP contribution in [0, 0.1) is 0 Å². The van der Waals surface area contributed by atoms with Gasteiger partial charge in [0, 0.05) is 0 Å². The lowest BCUT2D eigenvalue weighted by atomic mass is 10.1. The van der Waals surface area contributed by atoms with Crippen molar-refractivity contribution in [1.82, 2.24) is 19.7 Å². The number of aromatic nitrogens is 4. The summed E-state index contributed by atoms with van der Waals surface area (Å²) < 4.78 is 24.7. The number of nitrogens with one attached hydrogen (secondary N) is 1. The number of carbonyl (C=O) groups is 3. The second-order valence-corrected chi connectivity index (χ2v) is 10.0. The topological polar surface area (TPSA) is 152 Å². The number of H-pyrrole nitrogens is 1. The largest absolute Gasteiger partial charge is 0.459 e. The summed E-state index contributed by atoms with van der Waals surface area (Å²) >= 11 is 6.17. The van der Waals surface area contributed by atoms with Gasteiger partial charge in [0.05, 0.1) is 28.4 Å². The molecule has 5 aromatic rings. The molecule has 2 aromatic heterocycles. The van der Waals surface area contributed by atoms with E-state index in [0.29, 0.717) is 0 Å². The zero-order valence-electron chi connectivity index (χ0n) is 22.7. The number of hydrogen-bond donors (Lipinski definition) is 1. The highest BCUT2D eigenvalue weighted by atomic mass is 35.5. The van der Waals surface area contributed by atoms with E-state index in [9.17, 15) is 19.2 Å². The molecule has 3 heterocycles. The average Bonchev–Trinajstić information content (AvgIpc) is 3.67. The smallest absolute Gasteiger partial charge is 0.351 e. The summed E-state index contributed by atoms with van der Waals surface area (Å²) in [6, 6.07) is 24.5. The minimum atomic E-state index is -1.41. The number of halogens is 1. The van der Waals surface area contributed by atoms with Gasteiger partial charge in [-0.25, -0.2) is 19.2 Å². The monoisotopic (exact) mass is 614 g/mol. The zero-order chi connectivity index (χ0) is 30.6. The summed E-state index contributed by atoms with van der Waals surface area (Å²) in [6.45, 7) is -0.416. The van der Waals surface area contributed by atoms with E-state index in [4.69, 9.17) is 30.5 Å². The van der Waals surface area contributed by atoms with Gasteiger partial charge < -0.3 is 18.9 Å². The number of hydrogen-bond acceptors (Lipinski definition) is 10.